The molecule has 1 N–H and O–H groups in total. The number of nitrogens with one attached hydrogen (secondary N) is 1. The van der Waals surface area contributed by atoms with Gasteiger partial charge >= 0.3 is 0 Å². The van der Waals surface area contributed by atoms with Gasteiger partial charge in [-0.25, -0.2) is 0 Å². The van der Waals surface area contributed by atoms with Gasteiger partial charge < -0.3 is 14.6 Å². The molecule has 2 atom stereocenters. The van der Waals surface area contributed by atoms with Crippen LogP contribution in [0.4, 0.5) is 0 Å². The number of rotatable bonds is 9. The van der Waals surface area contributed by atoms with Gasteiger partial charge in [0.2, 0.25) is 0 Å². The summed E-state index contributed by atoms with van der Waals surface area (Å²) in [6, 6.07) is 4.79. The van der Waals surface area contributed by atoms with Gasteiger partial charge in [0.15, 0.2) is 0 Å². The van der Waals surface area contributed by atoms with Crippen LogP contribution >= 0.6 is 0 Å². The summed E-state index contributed by atoms with van der Waals surface area (Å²) in [4.78, 5) is 2.47. The van der Waals surface area contributed by atoms with E-state index in [1.165, 1.54) is 19.4 Å². The fourth-order valence-corrected chi connectivity index (χ4v) is 2.29. The Bertz CT molecular complexity index is 293. The molecule has 1 aromatic rings. The van der Waals surface area contributed by atoms with Crippen LogP contribution < -0.4 is 5.32 Å². The van der Waals surface area contributed by atoms with E-state index >= 15 is 0 Å². The molecule has 1 rings (SSSR count). The summed E-state index contributed by atoms with van der Waals surface area (Å²) < 4.78 is 5.40. The molecule has 0 saturated heterocycles. The van der Waals surface area contributed by atoms with Gasteiger partial charge in [0.05, 0.1) is 12.3 Å². The molecular formula is C15H28N2O. The van der Waals surface area contributed by atoms with Gasteiger partial charge in [0.1, 0.15) is 5.76 Å². The molecule has 0 bridgehead atoms. The molecule has 0 aliphatic heterocycles. The lowest BCUT2D eigenvalue weighted by molar-refractivity contribution is 0.286. The quantitative estimate of drug-likeness (QED) is 0.730. The number of hydrogen-bond acceptors (Lipinski definition) is 3. The third-order valence-electron chi connectivity index (χ3n) is 3.51. The lowest BCUT2D eigenvalue weighted by atomic mass is 10.1. The normalized spacial score (nSPS) is 14.9. The van der Waals surface area contributed by atoms with Gasteiger partial charge in [0, 0.05) is 6.04 Å². The molecule has 2 unspecified atom stereocenters. The van der Waals surface area contributed by atoms with Crippen molar-refractivity contribution in [2.75, 3.05) is 19.6 Å². The molecule has 3 nitrogen and oxygen atoms in total. The van der Waals surface area contributed by atoms with E-state index in [2.05, 4.69) is 37.9 Å². The first kappa shape index (κ1) is 15.3. The first-order valence-corrected chi connectivity index (χ1v) is 7.19. The SMILES string of the molecule is CCN(CC)CCCC(C)NC(C)c1ccco1. The third-order valence-corrected chi connectivity index (χ3v) is 3.51. The highest BCUT2D eigenvalue weighted by Gasteiger charge is 2.11. The van der Waals surface area contributed by atoms with E-state index < -0.39 is 0 Å². The van der Waals surface area contributed by atoms with Gasteiger partial charge in [-0.1, -0.05) is 13.8 Å². The van der Waals surface area contributed by atoms with Crippen molar-refractivity contribution >= 4 is 0 Å². The summed E-state index contributed by atoms with van der Waals surface area (Å²) in [7, 11) is 0. The van der Waals surface area contributed by atoms with Crippen LogP contribution in [-0.2, 0) is 0 Å². The smallest absolute Gasteiger partial charge is 0.120 e. The van der Waals surface area contributed by atoms with Crippen LogP contribution in [0, 0.1) is 0 Å². The fourth-order valence-electron chi connectivity index (χ4n) is 2.29. The van der Waals surface area contributed by atoms with E-state index in [1.54, 1.807) is 6.26 Å². The largest absolute Gasteiger partial charge is 0.468 e. The maximum atomic E-state index is 5.40. The van der Waals surface area contributed by atoms with E-state index in [0.29, 0.717) is 12.1 Å². The second-order valence-electron chi connectivity index (χ2n) is 4.97. The molecule has 1 aromatic heterocycles. The molecule has 0 aromatic carbocycles. The van der Waals surface area contributed by atoms with E-state index in [-0.39, 0.29) is 0 Å². The second-order valence-corrected chi connectivity index (χ2v) is 4.97. The van der Waals surface area contributed by atoms with Crippen LogP contribution in [0.15, 0.2) is 22.8 Å². The van der Waals surface area contributed by atoms with Crippen molar-refractivity contribution < 1.29 is 4.42 Å². The van der Waals surface area contributed by atoms with Crippen LogP contribution in [-0.4, -0.2) is 30.6 Å². The molecule has 0 spiro atoms. The van der Waals surface area contributed by atoms with Gasteiger partial charge in [-0.2, -0.15) is 0 Å². The first-order valence-electron chi connectivity index (χ1n) is 7.19. The third kappa shape index (κ3) is 5.23. The Balaban J connectivity index is 2.19. The fraction of sp³-hybridized carbons (Fsp3) is 0.733. The van der Waals surface area contributed by atoms with Crippen LogP contribution in [0.3, 0.4) is 0 Å². The highest BCUT2D eigenvalue weighted by molar-refractivity contribution is 5.03. The van der Waals surface area contributed by atoms with Crippen molar-refractivity contribution in [3.63, 3.8) is 0 Å². The number of nitrogens with zero attached hydrogens (tertiary/aromatic N) is 1. The second kappa shape index (κ2) is 8.33. The van der Waals surface area contributed by atoms with E-state index in [0.717, 1.165) is 18.8 Å². The molecule has 104 valence electrons. The summed E-state index contributed by atoms with van der Waals surface area (Å²) in [6.07, 6.45) is 4.20. The molecule has 0 fully saturated rings. The highest BCUT2D eigenvalue weighted by atomic mass is 16.3. The number of furan rings is 1. The molecule has 0 amide bonds. The molecule has 0 saturated carbocycles. The molecule has 3 heteroatoms. The Morgan fingerprint density at radius 2 is 2.00 bits per heavy atom. The van der Waals surface area contributed by atoms with Crippen molar-refractivity contribution in [3.8, 4) is 0 Å². The molecule has 0 radical (unpaired) electrons. The predicted octanol–water partition coefficient (Wildman–Crippen LogP) is 3.44. The van der Waals surface area contributed by atoms with Crippen molar-refractivity contribution in [1.29, 1.82) is 0 Å². The summed E-state index contributed by atoms with van der Waals surface area (Å²) in [5.41, 5.74) is 0. The van der Waals surface area contributed by atoms with Crippen molar-refractivity contribution in [2.45, 2.75) is 52.6 Å². The van der Waals surface area contributed by atoms with E-state index in [4.69, 9.17) is 4.42 Å². The average Bonchev–Trinajstić information content (AvgIpc) is 2.88. The maximum absolute atomic E-state index is 5.40. The minimum absolute atomic E-state index is 0.295. The van der Waals surface area contributed by atoms with Gasteiger partial charge in [-0.3, -0.25) is 0 Å². The average molecular weight is 252 g/mol. The van der Waals surface area contributed by atoms with Crippen molar-refractivity contribution in [2.24, 2.45) is 0 Å². The van der Waals surface area contributed by atoms with Gasteiger partial charge in [0.25, 0.3) is 0 Å². The lowest BCUT2D eigenvalue weighted by Crippen LogP contribution is -2.30. The first-order chi connectivity index (χ1) is 8.67. The minimum atomic E-state index is 0.295. The van der Waals surface area contributed by atoms with Crippen LogP contribution in [0.25, 0.3) is 0 Å². The van der Waals surface area contributed by atoms with Gasteiger partial charge in [-0.05, 0) is 58.5 Å². The van der Waals surface area contributed by atoms with Crippen LogP contribution in [0.1, 0.15) is 52.3 Å². The summed E-state index contributed by atoms with van der Waals surface area (Å²) in [5.74, 6) is 1.02. The van der Waals surface area contributed by atoms with Crippen molar-refractivity contribution in [1.82, 2.24) is 10.2 Å². The van der Waals surface area contributed by atoms with E-state index in [1.807, 2.05) is 12.1 Å². The van der Waals surface area contributed by atoms with Crippen LogP contribution in [0.5, 0.6) is 0 Å². The van der Waals surface area contributed by atoms with Crippen LogP contribution in [0.2, 0.25) is 0 Å². The minimum Gasteiger partial charge on any atom is -0.468 e. The Labute approximate surface area is 112 Å². The molecule has 0 aliphatic carbocycles. The predicted molar refractivity (Wildman–Crippen MR) is 76.7 cm³/mol. The van der Waals surface area contributed by atoms with Crippen molar-refractivity contribution in [3.05, 3.63) is 24.2 Å². The summed E-state index contributed by atoms with van der Waals surface area (Å²) in [6.45, 7) is 12.4. The summed E-state index contributed by atoms with van der Waals surface area (Å²) >= 11 is 0. The Hall–Kier alpha value is -0.800. The topological polar surface area (TPSA) is 28.4 Å². The zero-order valence-corrected chi connectivity index (χ0v) is 12.3. The molecule has 0 aliphatic rings. The standard InChI is InChI=1S/C15H28N2O/c1-5-17(6-2)11-7-9-13(3)16-14(4)15-10-8-12-18-15/h8,10,12-14,16H,5-7,9,11H2,1-4H3. The zero-order chi connectivity index (χ0) is 13.4. The Morgan fingerprint density at radius 1 is 1.28 bits per heavy atom. The van der Waals surface area contributed by atoms with Gasteiger partial charge in [-0.15, -0.1) is 0 Å². The molecule has 1 heterocycles. The molecule has 18 heavy (non-hydrogen) atoms. The maximum Gasteiger partial charge on any atom is 0.120 e. The summed E-state index contributed by atoms with van der Waals surface area (Å²) in [5, 5.41) is 3.58. The monoisotopic (exact) mass is 252 g/mol. The lowest BCUT2D eigenvalue weighted by Gasteiger charge is -2.21. The Kier molecular flexibility index (Phi) is 7.06. The Morgan fingerprint density at radius 3 is 2.56 bits per heavy atom. The van der Waals surface area contributed by atoms with E-state index in [9.17, 15) is 0 Å². The number of hydrogen-bond donors (Lipinski definition) is 1. The highest BCUT2D eigenvalue weighted by Crippen LogP contribution is 2.14. The molecular weight excluding hydrogens is 224 g/mol. The zero-order valence-electron chi connectivity index (χ0n) is 12.3.